The van der Waals surface area contributed by atoms with E-state index in [4.69, 9.17) is 4.74 Å². The maximum atomic E-state index is 12.0. The Morgan fingerprint density at radius 3 is 2.24 bits per heavy atom. The molecule has 0 unspecified atom stereocenters. The molecule has 0 radical (unpaired) electrons. The predicted molar refractivity (Wildman–Crippen MR) is 110 cm³/mol. The van der Waals surface area contributed by atoms with Gasteiger partial charge < -0.3 is 15.4 Å². The smallest absolute Gasteiger partial charge is 0.407 e. The normalized spacial score (nSPS) is 11.0. The van der Waals surface area contributed by atoms with Gasteiger partial charge in [-0.2, -0.15) is 5.10 Å². The highest BCUT2D eigenvalue weighted by molar-refractivity contribution is 5.78. The molecule has 2 rings (SSSR count). The van der Waals surface area contributed by atoms with Crippen molar-refractivity contribution in [3.8, 4) is 11.3 Å². The Kier molecular flexibility index (Phi) is 7.94. The number of carbonyl (C=O) groups excluding carboxylic acids is 2. The van der Waals surface area contributed by atoms with Crippen LogP contribution in [0.15, 0.2) is 41.2 Å². The summed E-state index contributed by atoms with van der Waals surface area (Å²) in [5.41, 5.74) is 1.67. The summed E-state index contributed by atoms with van der Waals surface area (Å²) in [5, 5.41) is 11.9. The van der Waals surface area contributed by atoms with E-state index in [0.717, 1.165) is 24.0 Å². The van der Waals surface area contributed by atoms with Crippen molar-refractivity contribution in [3.05, 3.63) is 52.3 Å². The average Bonchev–Trinajstić information content (AvgIpc) is 2.64. The first kappa shape index (κ1) is 22.1. The number of unbranched alkanes of at least 4 members (excludes halogenated alkanes) is 1. The van der Waals surface area contributed by atoms with Gasteiger partial charge in [-0.1, -0.05) is 24.3 Å². The lowest BCUT2D eigenvalue weighted by Gasteiger charge is -2.19. The number of amides is 2. The SMILES string of the molecule is CC(C)(C)OC(=O)NCCCCNC(=O)Cc1ccc(-c2ccc(=O)[nH]n2)cc1. The minimum Gasteiger partial charge on any atom is -0.444 e. The lowest BCUT2D eigenvalue weighted by atomic mass is 10.1. The van der Waals surface area contributed by atoms with Crippen LogP contribution < -0.4 is 16.2 Å². The van der Waals surface area contributed by atoms with E-state index in [1.54, 1.807) is 6.07 Å². The van der Waals surface area contributed by atoms with Crippen LogP contribution in [0.25, 0.3) is 11.3 Å². The number of hydrogen-bond donors (Lipinski definition) is 3. The van der Waals surface area contributed by atoms with Crippen molar-refractivity contribution < 1.29 is 14.3 Å². The summed E-state index contributed by atoms with van der Waals surface area (Å²) in [7, 11) is 0. The van der Waals surface area contributed by atoms with Crippen LogP contribution in [0.3, 0.4) is 0 Å². The van der Waals surface area contributed by atoms with Gasteiger partial charge in [-0.05, 0) is 45.2 Å². The number of H-pyrrole nitrogens is 1. The fourth-order valence-electron chi connectivity index (χ4n) is 2.53. The summed E-state index contributed by atoms with van der Waals surface area (Å²) in [6.45, 7) is 6.50. The van der Waals surface area contributed by atoms with E-state index in [-0.39, 0.29) is 17.9 Å². The molecule has 29 heavy (non-hydrogen) atoms. The third kappa shape index (κ3) is 8.59. The van der Waals surface area contributed by atoms with Gasteiger partial charge in [-0.15, -0.1) is 0 Å². The van der Waals surface area contributed by atoms with Gasteiger partial charge in [0.1, 0.15) is 5.60 Å². The van der Waals surface area contributed by atoms with Crippen molar-refractivity contribution in [1.29, 1.82) is 0 Å². The molecule has 0 atom stereocenters. The topological polar surface area (TPSA) is 113 Å². The molecule has 0 fully saturated rings. The monoisotopic (exact) mass is 400 g/mol. The second-order valence-electron chi connectivity index (χ2n) is 7.67. The largest absolute Gasteiger partial charge is 0.444 e. The number of benzene rings is 1. The van der Waals surface area contributed by atoms with Crippen molar-refractivity contribution in [2.45, 2.75) is 45.6 Å². The van der Waals surface area contributed by atoms with E-state index in [1.807, 2.05) is 45.0 Å². The van der Waals surface area contributed by atoms with Gasteiger partial charge in [0.2, 0.25) is 5.91 Å². The molecule has 8 heteroatoms. The van der Waals surface area contributed by atoms with Gasteiger partial charge in [0.25, 0.3) is 5.56 Å². The maximum absolute atomic E-state index is 12.0. The lowest BCUT2D eigenvalue weighted by molar-refractivity contribution is -0.120. The summed E-state index contributed by atoms with van der Waals surface area (Å²) in [5.74, 6) is -0.0555. The fourth-order valence-corrected chi connectivity index (χ4v) is 2.53. The first-order valence-electron chi connectivity index (χ1n) is 9.61. The van der Waals surface area contributed by atoms with Crippen LogP contribution in [0, 0.1) is 0 Å². The molecule has 0 aliphatic heterocycles. The molecule has 0 saturated carbocycles. The van der Waals surface area contributed by atoms with Crippen LogP contribution >= 0.6 is 0 Å². The van der Waals surface area contributed by atoms with Gasteiger partial charge in [0.05, 0.1) is 12.1 Å². The van der Waals surface area contributed by atoms with Crippen molar-refractivity contribution in [2.75, 3.05) is 13.1 Å². The van der Waals surface area contributed by atoms with Crippen molar-refractivity contribution in [2.24, 2.45) is 0 Å². The Balaban J connectivity index is 1.65. The van der Waals surface area contributed by atoms with Crippen molar-refractivity contribution in [3.63, 3.8) is 0 Å². The number of hydrogen-bond acceptors (Lipinski definition) is 5. The zero-order chi connectivity index (χ0) is 21.3. The number of aromatic nitrogens is 2. The van der Waals surface area contributed by atoms with E-state index in [2.05, 4.69) is 20.8 Å². The van der Waals surface area contributed by atoms with E-state index in [1.165, 1.54) is 6.07 Å². The molecule has 1 aromatic heterocycles. The second-order valence-corrected chi connectivity index (χ2v) is 7.67. The molecule has 3 N–H and O–H groups in total. The molecule has 0 bridgehead atoms. The van der Waals surface area contributed by atoms with Gasteiger partial charge >= 0.3 is 6.09 Å². The van der Waals surface area contributed by atoms with Gasteiger partial charge in [0, 0.05) is 24.7 Å². The molecule has 1 aromatic carbocycles. The van der Waals surface area contributed by atoms with Gasteiger partial charge in [-0.25, -0.2) is 9.89 Å². The first-order valence-corrected chi connectivity index (χ1v) is 9.61. The molecule has 8 nitrogen and oxygen atoms in total. The predicted octanol–water partition coefficient (Wildman–Crippen LogP) is 2.40. The van der Waals surface area contributed by atoms with Crippen LogP contribution in [-0.2, 0) is 16.0 Å². The second kappa shape index (κ2) is 10.4. The minimum absolute atomic E-state index is 0.0555. The Morgan fingerprint density at radius 2 is 1.66 bits per heavy atom. The van der Waals surface area contributed by atoms with E-state index in [9.17, 15) is 14.4 Å². The van der Waals surface area contributed by atoms with Crippen LogP contribution in [0.2, 0.25) is 0 Å². The Bertz CT molecular complexity index is 849. The summed E-state index contributed by atoms with van der Waals surface area (Å²) in [6.07, 6.45) is 1.37. The van der Waals surface area contributed by atoms with Gasteiger partial charge in [0.15, 0.2) is 0 Å². The van der Waals surface area contributed by atoms with E-state index >= 15 is 0 Å². The standard InChI is InChI=1S/C21H28N4O4/c1-21(2,3)29-20(28)23-13-5-4-12-22-19(27)14-15-6-8-16(9-7-15)17-10-11-18(26)25-24-17/h6-11H,4-5,12-14H2,1-3H3,(H,22,27)(H,23,28)(H,25,26). The summed E-state index contributed by atoms with van der Waals surface area (Å²) in [4.78, 5) is 34.6. The van der Waals surface area contributed by atoms with Crippen LogP contribution in [0.1, 0.15) is 39.2 Å². The van der Waals surface area contributed by atoms with Crippen molar-refractivity contribution in [1.82, 2.24) is 20.8 Å². The lowest BCUT2D eigenvalue weighted by Crippen LogP contribution is -2.33. The zero-order valence-corrected chi connectivity index (χ0v) is 17.1. The van der Waals surface area contributed by atoms with Crippen LogP contribution in [0.5, 0.6) is 0 Å². The number of nitrogens with zero attached hydrogens (tertiary/aromatic N) is 1. The highest BCUT2D eigenvalue weighted by Gasteiger charge is 2.15. The van der Waals surface area contributed by atoms with Crippen molar-refractivity contribution >= 4 is 12.0 Å². The Morgan fingerprint density at radius 1 is 1.00 bits per heavy atom. The summed E-state index contributed by atoms with van der Waals surface area (Å²) < 4.78 is 5.15. The molecular weight excluding hydrogens is 372 g/mol. The third-order valence-corrected chi connectivity index (χ3v) is 3.89. The van der Waals surface area contributed by atoms with Crippen LogP contribution in [0.4, 0.5) is 4.79 Å². The highest BCUT2D eigenvalue weighted by Crippen LogP contribution is 2.16. The Hall–Kier alpha value is -3.16. The molecule has 1 heterocycles. The number of nitrogens with one attached hydrogen (secondary N) is 3. The minimum atomic E-state index is -0.507. The van der Waals surface area contributed by atoms with Crippen LogP contribution in [-0.4, -0.2) is 40.9 Å². The molecule has 2 amide bonds. The number of rotatable bonds is 8. The van der Waals surface area contributed by atoms with Gasteiger partial charge in [-0.3, -0.25) is 9.59 Å². The quantitative estimate of drug-likeness (QED) is 0.589. The summed E-state index contributed by atoms with van der Waals surface area (Å²) >= 11 is 0. The molecule has 0 spiro atoms. The number of alkyl carbamates (subject to hydrolysis) is 1. The molecule has 0 aliphatic carbocycles. The first-order chi connectivity index (χ1) is 13.7. The van der Waals surface area contributed by atoms with E-state index in [0.29, 0.717) is 18.8 Å². The molecular formula is C21H28N4O4. The fraction of sp³-hybridized carbons (Fsp3) is 0.429. The highest BCUT2D eigenvalue weighted by atomic mass is 16.6. The van der Waals surface area contributed by atoms with E-state index < -0.39 is 11.7 Å². The maximum Gasteiger partial charge on any atom is 0.407 e. The molecule has 156 valence electrons. The average molecular weight is 400 g/mol. The third-order valence-electron chi connectivity index (χ3n) is 3.89. The molecule has 2 aromatic rings. The molecule has 0 saturated heterocycles. The Labute approximate surface area is 170 Å². The number of aromatic amines is 1. The number of carbonyl (C=O) groups is 2. The zero-order valence-electron chi connectivity index (χ0n) is 17.1. The molecule has 0 aliphatic rings. The number of ether oxygens (including phenoxy) is 1. The summed E-state index contributed by atoms with van der Waals surface area (Å²) in [6, 6.07) is 10.5.